The van der Waals surface area contributed by atoms with Gasteiger partial charge in [-0.3, -0.25) is 4.79 Å². The van der Waals surface area contributed by atoms with Gasteiger partial charge in [0.15, 0.2) is 5.13 Å². The fourth-order valence-corrected chi connectivity index (χ4v) is 2.93. The Morgan fingerprint density at radius 3 is 2.29 bits per heavy atom. The highest BCUT2D eigenvalue weighted by Gasteiger charge is 2.15. The topological polar surface area (TPSA) is 54.0 Å². The van der Waals surface area contributed by atoms with E-state index in [0.717, 1.165) is 16.3 Å². The molecule has 1 amide bonds. The summed E-state index contributed by atoms with van der Waals surface area (Å²) >= 11 is 1.50. The molecule has 0 aliphatic carbocycles. The Labute approximate surface area is 129 Å². The molecule has 1 aromatic heterocycles. The maximum atomic E-state index is 12.2. The third-order valence-electron chi connectivity index (χ3n) is 3.26. The first-order chi connectivity index (χ1) is 9.85. The van der Waals surface area contributed by atoms with E-state index in [1.54, 1.807) is 0 Å². The lowest BCUT2D eigenvalue weighted by Crippen LogP contribution is -2.31. The van der Waals surface area contributed by atoms with Gasteiger partial charge in [0.05, 0.1) is 5.69 Å². The molecule has 0 saturated carbocycles. The minimum atomic E-state index is -0.323. The van der Waals surface area contributed by atoms with Crippen molar-refractivity contribution in [2.75, 3.05) is 10.6 Å². The van der Waals surface area contributed by atoms with E-state index in [4.69, 9.17) is 0 Å². The van der Waals surface area contributed by atoms with Crippen molar-refractivity contribution in [1.82, 2.24) is 4.98 Å². The summed E-state index contributed by atoms with van der Waals surface area (Å²) in [7, 11) is 0. The molecule has 1 unspecified atom stereocenters. The number of amides is 1. The number of anilines is 2. The molecule has 2 aromatic rings. The van der Waals surface area contributed by atoms with E-state index in [2.05, 4.69) is 21.7 Å². The molecule has 2 N–H and O–H groups in total. The van der Waals surface area contributed by atoms with Crippen LogP contribution in [-0.2, 0) is 4.79 Å². The summed E-state index contributed by atoms with van der Waals surface area (Å²) in [6.45, 7) is 9.88. The second-order valence-corrected chi connectivity index (χ2v) is 6.60. The number of hydrogen-bond acceptors (Lipinski definition) is 4. The Balaban J connectivity index is 2.02. The quantitative estimate of drug-likeness (QED) is 0.903. The van der Waals surface area contributed by atoms with Crippen LogP contribution in [0.3, 0.4) is 0 Å². The first-order valence-electron chi connectivity index (χ1n) is 6.95. The van der Waals surface area contributed by atoms with Crippen molar-refractivity contribution < 1.29 is 4.79 Å². The number of carbonyl (C=O) groups is 1. The molecule has 0 saturated heterocycles. The highest BCUT2D eigenvalue weighted by Crippen LogP contribution is 2.21. The normalized spacial score (nSPS) is 12.0. The molecule has 1 aromatic carbocycles. The van der Waals surface area contributed by atoms with Gasteiger partial charge in [-0.1, -0.05) is 6.07 Å². The number of hydrogen-bond donors (Lipinski definition) is 2. The SMILES string of the molecule is Cc1cc(C)cc(NC(C)C(=O)Nc2nc(C)c(C)s2)c1. The summed E-state index contributed by atoms with van der Waals surface area (Å²) in [4.78, 5) is 17.7. The zero-order valence-corrected chi connectivity index (χ0v) is 13.9. The number of thiazole rings is 1. The van der Waals surface area contributed by atoms with Crippen molar-refractivity contribution in [2.24, 2.45) is 0 Å². The smallest absolute Gasteiger partial charge is 0.248 e. The predicted molar refractivity (Wildman–Crippen MR) is 89.2 cm³/mol. The number of benzene rings is 1. The van der Waals surface area contributed by atoms with Gasteiger partial charge >= 0.3 is 0 Å². The number of aryl methyl sites for hydroxylation is 4. The predicted octanol–water partition coefficient (Wildman–Crippen LogP) is 3.82. The van der Waals surface area contributed by atoms with Crippen LogP contribution in [0.25, 0.3) is 0 Å². The van der Waals surface area contributed by atoms with Crippen LogP contribution in [0.4, 0.5) is 10.8 Å². The third-order valence-corrected chi connectivity index (χ3v) is 4.25. The second-order valence-electron chi connectivity index (χ2n) is 5.39. The lowest BCUT2D eigenvalue weighted by atomic mass is 10.1. The Kier molecular flexibility index (Phi) is 4.63. The summed E-state index contributed by atoms with van der Waals surface area (Å²) < 4.78 is 0. The number of carbonyl (C=O) groups excluding carboxylic acids is 1. The average Bonchev–Trinajstić information content (AvgIpc) is 2.66. The van der Waals surface area contributed by atoms with Crippen LogP contribution < -0.4 is 10.6 Å². The monoisotopic (exact) mass is 303 g/mol. The largest absolute Gasteiger partial charge is 0.374 e. The van der Waals surface area contributed by atoms with Gasteiger partial charge in [0, 0.05) is 10.6 Å². The Morgan fingerprint density at radius 2 is 1.76 bits per heavy atom. The van der Waals surface area contributed by atoms with Crippen molar-refractivity contribution in [3.05, 3.63) is 39.9 Å². The van der Waals surface area contributed by atoms with Crippen molar-refractivity contribution in [3.8, 4) is 0 Å². The summed E-state index contributed by atoms with van der Waals surface area (Å²) in [5.41, 5.74) is 4.28. The van der Waals surface area contributed by atoms with E-state index in [-0.39, 0.29) is 11.9 Å². The molecule has 0 spiro atoms. The van der Waals surface area contributed by atoms with Crippen LogP contribution in [0.15, 0.2) is 18.2 Å². The molecule has 0 aliphatic heterocycles. The number of aromatic nitrogens is 1. The molecular weight excluding hydrogens is 282 g/mol. The van der Waals surface area contributed by atoms with Crippen molar-refractivity contribution >= 4 is 28.1 Å². The first-order valence-corrected chi connectivity index (χ1v) is 7.76. The minimum Gasteiger partial charge on any atom is -0.374 e. The van der Waals surface area contributed by atoms with Gasteiger partial charge in [0.1, 0.15) is 6.04 Å². The van der Waals surface area contributed by atoms with E-state index in [1.165, 1.54) is 22.5 Å². The fraction of sp³-hybridized carbons (Fsp3) is 0.375. The lowest BCUT2D eigenvalue weighted by molar-refractivity contribution is -0.116. The van der Waals surface area contributed by atoms with Gasteiger partial charge < -0.3 is 10.6 Å². The van der Waals surface area contributed by atoms with Crippen molar-refractivity contribution in [3.63, 3.8) is 0 Å². The van der Waals surface area contributed by atoms with Gasteiger partial charge in [-0.15, -0.1) is 11.3 Å². The van der Waals surface area contributed by atoms with E-state index in [0.29, 0.717) is 5.13 Å². The molecule has 0 bridgehead atoms. The minimum absolute atomic E-state index is 0.0806. The Bertz CT molecular complexity index is 624. The van der Waals surface area contributed by atoms with Gasteiger partial charge in [0.25, 0.3) is 0 Å². The van der Waals surface area contributed by atoms with Gasteiger partial charge in [-0.25, -0.2) is 4.98 Å². The summed E-state index contributed by atoms with van der Waals surface area (Å²) in [6.07, 6.45) is 0. The maximum absolute atomic E-state index is 12.2. The van der Waals surface area contributed by atoms with Crippen LogP contribution in [0.1, 0.15) is 28.6 Å². The van der Waals surface area contributed by atoms with E-state index in [1.807, 2.05) is 46.8 Å². The van der Waals surface area contributed by atoms with E-state index in [9.17, 15) is 4.79 Å². The molecular formula is C16H21N3OS. The van der Waals surface area contributed by atoms with Crippen molar-refractivity contribution in [1.29, 1.82) is 0 Å². The molecule has 21 heavy (non-hydrogen) atoms. The maximum Gasteiger partial charge on any atom is 0.248 e. The van der Waals surface area contributed by atoms with E-state index >= 15 is 0 Å². The molecule has 1 atom stereocenters. The van der Waals surface area contributed by atoms with Crippen LogP contribution in [-0.4, -0.2) is 16.9 Å². The highest BCUT2D eigenvalue weighted by molar-refractivity contribution is 7.15. The van der Waals surface area contributed by atoms with Crippen LogP contribution in [0.5, 0.6) is 0 Å². The molecule has 0 aliphatic rings. The molecule has 1 heterocycles. The summed E-state index contributed by atoms with van der Waals surface area (Å²) in [5, 5.41) is 6.75. The summed E-state index contributed by atoms with van der Waals surface area (Å²) in [6, 6.07) is 5.86. The third kappa shape index (κ3) is 4.04. The first kappa shape index (κ1) is 15.5. The molecule has 0 radical (unpaired) electrons. The van der Waals surface area contributed by atoms with Gasteiger partial charge in [-0.2, -0.15) is 0 Å². The van der Waals surface area contributed by atoms with Crippen LogP contribution >= 0.6 is 11.3 Å². The zero-order valence-electron chi connectivity index (χ0n) is 13.1. The number of nitrogens with zero attached hydrogens (tertiary/aromatic N) is 1. The average molecular weight is 303 g/mol. The second kappa shape index (κ2) is 6.26. The number of rotatable bonds is 4. The van der Waals surface area contributed by atoms with Crippen molar-refractivity contribution in [2.45, 2.75) is 40.7 Å². The molecule has 2 rings (SSSR count). The lowest BCUT2D eigenvalue weighted by Gasteiger charge is -2.15. The molecule has 0 fully saturated rings. The number of nitrogens with one attached hydrogen (secondary N) is 2. The van der Waals surface area contributed by atoms with E-state index < -0.39 is 0 Å². The molecule has 5 heteroatoms. The highest BCUT2D eigenvalue weighted by atomic mass is 32.1. The Morgan fingerprint density at radius 1 is 1.14 bits per heavy atom. The zero-order chi connectivity index (χ0) is 15.6. The standard InChI is InChI=1S/C16H21N3OS/c1-9-6-10(2)8-14(7-9)17-12(4)15(20)19-16-18-11(3)13(5)21-16/h6-8,12,17H,1-5H3,(H,18,19,20). The fourth-order valence-electron chi connectivity index (χ4n) is 2.11. The molecule has 4 nitrogen and oxygen atoms in total. The summed E-state index contributed by atoms with van der Waals surface area (Å²) in [5.74, 6) is -0.0806. The Hall–Kier alpha value is -1.88. The van der Waals surface area contributed by atoms with Gasteiger partial charge in [0.2, 0.25) is 5.91 Å². The van der Waals surface area contributed by atoms with Crippen LogP contribution in [0, 0.1) is 27.7 Å². The van der Waals surface area contributed by atoms with Crippen LogP contribution in [0.2, 0.25) is 0 Å². The molecule has 112 valence electrons. The van der Waals surface area contributed by atoms with Gasteiger partial charge in [-0.05, 0) is 57.9 Å².